The van der Waals surface area contributed by atoms with Gasteiger partial charge in [0, 0.05) is 18.0 Å². The van der Waals surface area contributed by atoms with Gasteiger partial charge in [0.2, 0.25) is 0 Å². The number of rotatable bonds is 2. The summed E-state index contributed by atoms with van der Waals surface area (Å²) in [6.07, 6.45) is 8.19. The molecule has 2 aliphatic rings. The third-order valence-electron chi connectivity index (χ3n) is 3.90. The van der Waals surface area contributed by atoms with Crippen LogP contribution in [0.3, 0.4) is 0 Å². The van der Waals surface area contributed by atoms with Gasteiger partial charge < -0.3 is 4.74 Å². The van der Waals surface area contributed by atoms with Gasteiger partial charge in [-0.05, 0) is 49.9 Å². The molecule has 2 atom stereocenters. The average Bonchev–Trinajstić information content (AvgIpc) is 2.47. The van der Waals surface area contributed by atoms with Crippen molar-refractivity contribution in [1.82, 2.24) is 0 Å². The molecule has 2 fully saturated rings. The van der Waals surface area contributed by atoms with E-state index < -0.39 is 0 Å². The van der Waals surface area contributed by atoms with E-state index in [2.05, 4.69) is 22.9 Å². The van der Waals surface area contributed by atoms with Crippen LogP contribution < -0.4 is 0 Å². The van der Waals surface area contributed by atoms with Gasteiger partial charge in [-0.3, -0.25) is 0 Å². The fraction of sp³-hybridized carbons (Fsp3) is 1.00. The van der Waals surface area contributed by atoms with E-state index in [0.29, 0.717) is 5.41 Å². The second kappa shape index (κ2) is 4.52. The first-order chi connectivity index (χ1) is 6.68. The summed E-state index contributed by atoms with van der Waals surface area (Å²) < 4.78 is 5.41. The lowest BCUT2D eigenvalue weighted by atomic mass is 9.77. The molecule has 0 N–H and O–H groups in total. The molecule has 14 heavy (non-hydrogen) atoms. The van der Waals surface area contributed by atoms with Crippen molar-refractivity contribution in [3.63, 3.8) is 0 Å². The Morgan fingerprint density at radius 1 is 1.29 bits per heavy atom. The molecule has 82 valence electrons. The number of alkyl halides is 1. The van der Waals surface area contributed by atoms with Gasteiger partial charge in [0.15, 0.2) is 0 Å². The summed E-state index contributed by atoms with van der Waals surface area (Å²) >= 11 is 3.75. The van der Waals surface area contributed by atoms with Crippen LogP contribution in [0.1, 0.15) is 45.4 Å². The van der Waals surface area contributed by atoms with Crippen LogP contribution in [-0.4, -0.2) is 18.0 Å². The summed E-state index contributed by atoms with van der Waals surface area (Å²) in [5, 5.41) is 0. The van der Waals surface area contributed by atoms with E-state index in [1.807, 2.05) is 0 Å². The lowest BCUT2D eigenvalue weighted by Gasteiger charge is -2.31. The van der Waals surface area contributed by atoms with Gasteiger partial charge in [0.25, 0.3) is 0 Å². The topological polar surface area (TPSA) is 9.23 Å². The van der Waals surface area contributed by atoms with Crippen LogP contribution >= 0.6 is 15.9 Å². The minimum absolute atomic E-state index is 0.621. The number of halogens is 1. The summed E-state index contributed by atoms with van der Waals surface area (Å²) in [5.74, 6) is 0.937. The van der Waals surface area contributed by atoms with Crippen LogP contribution in [0.15, 0.2) is 0 Å². The fourth-order valence-corrected chi connectivity index (χ4v) is 4.09. The lowest BCUT2D eigenvalue weighted by molar-refractivity contribution is 0.0498. The number of hydrogen-bond donors (Lipinski definition) is 0. The third-order valence-corrected chi connectivity index (χ3v) is 4.68. The van der Waals surface area contributed by atoms with Gasteiger partial charge in [-0.15, -0.1) is 0 Å². The summed E-state index contributed by atoms with van der Waals surface area (Å²) in [6, 6.07) is 0. The highest BCUT2D eigenvalue weighted by molar-refractivity contribution is 9.09. The molecule has 1 aliphatic heterocycles. The molecule has 1 aliphatic carbocycles. The van der Waals surface area contributed by atoms with Crippen molar-refractivity contribution in [1.29, 1.82) is 0 Å². The Kier molecular flexibility index (Phi) is 3.54. The molecular formula is C12H21BrO. The molecule has 1 heterocycles. The fourth-order valence-electron chi connectivity index (χ4n) is 3.08. The Hall–Kier alpha value is 0.440. The van der Waals surface area contributed by atoms with E-state index in [1.54, 1.807) is 0 Å². The van der Waals surface area contributed by atoms with Crippen LogP contribution in [-0.2, 0) is 4.74 Å². The van der Waals surface area contributed by atoms with Gasteiger partial charge in [0.1, 0.15) is 0 Å². The standard InChI is InChI=1S/C12H21BrO/c1-12(5-2-11(13)9-12)8-10-3-6-14-7-4-10/h10-11H,2-9H2,1H3. The maximum absolute atomic E-state index is 5.41. The van der Waals surface area contributed by atoms with Crippen molar-refractivity contribution in [2.24, 2.45) is 11.3 Å². The molecule has 1 saturated heterocycles. The molecule has 0 bridgehead atoms. The van der Waals surface area contributed by atoms with Crippen LogP contribution in [0.4, 0.5) is 0 Å². The SMILES string of the molecule is CC1(CC2CCOCC2)CCC(Br)C1. The van der Waals surface area contributed by atoms with Crippen molar-refractivity contribution in [2.45, 2.75) is 50.3 Å². The Balaban J connectivity index is 1.83. The zero-order valence-corrected chi connectivity index (χ0v) is 10.7. The van der Waals surface area contributed by atoms with Gasteiger partial charge >= 0.3 is 0 Å². The number of ether oxygens (including phenoxy) is 1. The summed E-state index contributed by atoms with van der Waals surface area (Å²) in [6.45, 7) is 4.47. The van der Waals surface area contributed by atoms with E-state index in [-0.39, 0.29) is 0 Å². The molecule has 1 nitrogen and oxygen atoms in total. The molecule has 0 aromatic rings. The quantitative estimate of drug-likeness (QED) is 0.688. The Morgan fingerprint density at radius 3 is 2.57 bits per heavy atom. The van der Waals surface area contributed by atoms with Crippen molar-refractivity contribution in [3.05, 3.63) is 0 Å². The molecule has 0 amide bonds. The zero-order chi connectivity index (χ0) is 10.0. The van der Waals surface area contributed by atoms with Crippen molar-refractivity contribution < 1.29 is 4.74 Å². The summed E-state index contributed by atoms with van der Waals surface area (Å²) in [5.41, 5.74) is 0.621. The van der Waals surface area contributed by atoms with Gasteiger partial charge in [-0.25, -0.2) is 0 Å². The predicted molar refractivity (Wildman–Crippen MR) is 62.8 cm³/mol. The average molecular weight is 261 g/mol. The first-order valence-electron chi connectivity index (χ1n) is 5.90. The van der Waals surface area contributed by atoms with Gasteiger partial charge in [-0.1, -0.05) is 22.9 Å². The smallest absolute Gasteiger partial charge is 0.0468 e. The van der Waals surface area contributed by atoms with Crippen LogP contribution in [0.2, 0.25) is 0 Å². The maximum atomic E-state index is 5.41. The van der Waals surface area contributed by atoms with E-state index >= 15 is 0 Å². The van der Waals surface area contributed by atoms with Crippen molar-refractivity contribution >= 4 is 15.9 Å². The molecule has 0 radical (unpaired) electrons. The van der Waals surface area contributed by atoms with Crippen LogP contribution in [0.25, 0.3) is 0 Å². The normalized spacial score (nSPS) is 40.3. The molecule has 0 aromatic heterocycles. The minimum Gasteiger partial charge on any atom is -0.381 e. The molecule has 2 heteroatoms. The maximum Gasteiger partial charge on any atom is 0.0468 e. The Morgan fingerprint density at radius 2 is 2.00 bits per heavy atom. The predicted octanol–water partition coefficient (Wildman–Crippen LogP) is 3.76. The summed E-state index contributed by atoms with van der Waals surface area (Å²) in [7, 11) is 0. The van der Waals surface area contributed by atoms with E-state index in [1.165, 1.54) is 38.5 Å². The van der Waals surface area contributed by atoms with E-state index in [4.69, 9.17) is 4.74 Å². The molecular weight excluding hydrogens is 240 g/mol. The largest absolute Gasteiger partial charge is 0.381 e. The van der Waals surface area contributed by atoms with E-state index in [0.717, 1.165) is 24.0 Å². The second-order valence-corrected chi connectivity index (χ2v) is 6.71. The van der Waals surface area contributed by atoms with Crippen molar-refractivity contribution in [2.75, 3.05) is 13.2 Å². The van der Waals surface area contributed by atoms with E-state index in [9.17, 15) is 0 Å². The monoisotopic (exact) mass is 260 g/mol. The zero-order valence-electron chi connectivity index (χ0n) is 9.10. The van der Waals surface area contributed by atoms with Gasteiger partial charge in [-0.2, -0.15) is 0 Å². The third kappa shape index (κ3) is 2.73. The van der Waals surface area contributed by atoms with Crippen LogP contribution in [0, 0.1) is 11.3 Å². The minimum atomic E-state index is 0.621. The Bertz CT molecular complexity index is 189. The molecule has 2 rings (SSSR count). The highest BCUT2D eigenvalue weighted by Gasteiger charge is 2.35. The highest BCUT2D eigenvalue weighted by atomic mass is 79.9. The lowest BCUT2D eigenvalue weighted by Crippen LogP contribution is -2.23. The molecule has 0 aromatic carbocycles. The molecule has 2 unspecified atom stereocenters. The van der Waals surface area contributed by atoms with Gasteiger partial charge in [0.05, 0.1) is 0 Å². The molecule has 1 saturated carbocycles. The number of hydrogen-bond acceptors (Lipinski definition) is 1. The van der Waals surface area contributed by atoms with Crippen LogP contribution in [0.5, 0.6) is 0 Å². The molecule has 0 spiro atoms. The first-order valence-corrected chi connectivity index (χ1v) is 6.81. The second-order valence-electron chi connectivity index (χ2n) is 5.41. The van der Waals surface area contributed by atoms with Crippen molar-refractivity contribution in [3.8, 4) is 0 Å². The Labute approximate surface area is 95.7 Å². The highest BCUT2D eigenvalue weighted by Crippen LogP contribution is 2.46. The summed E-state index contributed by atoms with van der Waals surface area (Å²) in [4.78, 5) is 0.785. The first kappa shape index (κ1) is 10.9.